The van der Waals surface area contributed by atoms with Gasteiger partial charge in [-0.15, -0.1) is 0 Å². The Balaban J connectivity index is 1.14. The van der Waals surface area contributed by atoms with E-state index in [4.69, 9.17) is 4.98 Å². The van der Waals surface area contributed by atoms with Crippen LogP contribution in [0.2, 0.25) is 0 Å². The molecule has 0 bridgehead atoms. The standard InChI is InChI=1S/C49H43N3/c1-32-20-22-36-30-37(31-50-43(36)28-32)34-23-25-38(26-24-34)51-45-18-10-7-15-40(45)48-41-27-21-33(2)29-47(41)52(49(48)42-16-8-11-19-46(42)51)44-17-9-6-14-39(44)35-12-4-3-5-13-35/h3-9,11-17,19-27,30-33,41,47H,10,18,28-29H2,1-2H3/t32-,33?,41?,47?/m1/s1. The highest BCUT2D eigenvalue weighted by atomic mass is 15.2. The maximum absolute atomic E-state index is 4.89. The number of allylic oxidation sites excluding steroid dienone is 6. The van der Waals surface area contributed by atoms with Crippen molar-refractivity contribution in [2.75, 3.05) is 9.80 Å². The summed E-state index contributed by atoms with van der Waals surface area (Å²) in [5.74, 6) is 1.36. The molecule has 10 rings (SSSR count). The minimum Gasteiger partial charge on any atom is -0.336 e. The predicted octanol–water partition coefficient (Wildman–Crippen LogP) is 12.2. The first-order valence-corrected chi connectivity index (χ1v) is 19.1. The van der Waals surface area contributed by atoms with Crippen LogP contribution in [-0.4, -0.2) is 11.0 Å². The second-order valence-corrected chi connectivity index (χ2v) is 15.2. The van der Waals surface area contributed by atoms with Gasteiger partial charge in [0.15, 0.2) is 0 Å². The fourth-order valence-electron chi connectivity index (χ4n) is 9.34. The van der Waals surface area contributed by atoms with Gasteiger partial charge in [-0.25, -0.2) is 0 Å². The van der Waals surface area contributed by atoms with Crippen LogP contribution < -0.4 is 9.80 Å². The molecule has 0 N–H and O–H groups in total. The fourth-order valence-corrected chi connectivity index (χ4v) is 9.34. The number of rotatable bonds is 4. The smallest absolute Gasteiger partial charge is 0.0554 e. The first kappa shape index (κ1) is 31.1. The minimum atomic E-state index is 0.298. The van der Waals surface area contributed by atoms with E-state index in [0.717, 1.165) is 25.7 Å². The third-order valence-corrected chi connectivity index (χ3v) is 11.8. The molecule has 3 heteroatoms. The molecule has 254 valence electrons. The number of fused-ring (bicyclic) bond motifs is 6. The zero-order valence-corrected chi connectivity index (χ0v) is 29.9. The maximum atomic E-state index is 4.89. The summed E-state index contributed by atoms with van der Waals surface area (Å²) in [6, 6.07) is 41.0. The second-order valence-electron chi connectivity index (χ2n) is 15.2. The van der Waals surface area contributed by atoms with Gasteiger partial charge in [-0.05, 0) is 95.7 Å². The molecule has 0 fully saturated rings. The van der Waals surface area contributed by atoms with E-state index in [9.17, 15) is 0 Å². The van der Waals surface area contributed by atoms with E-state index in [1.54, 1.807) is 0 Å². The summed E-state index contributed by atoms with van der Waals surface area (Å²) in [5, 5.41) is 0. The monoisotopic (exact) mass is 673 g/mol. The molecule has 2 aliphatic heterocycles. The Bertz CT molecular complexity index is 2360. The lowest BCUT2D eigenvalue weighted by Crippen LogP contribution is -2.37. The van der Waals surface area contributed by atoms with Crippen molar-refractivity contribution in [2.45, 2.75) is 45.6 Å². The van der Waals surface area contributed by atoms with Crippen LogP contribution >= 0.6 is 0 Å². The van der Waals surface area contributed by atoms with E-state index in [0.29, 0.717) is 23.8 Å². The van der Waals surface area contributed by atoms with Crippen molar-refractivity contribution in [1.82, 2.24) is 4.98 Å². The van der Waals surface area contributed by atoms with E-state index < -0.39 is 0 Å². The second kappa shape index (κ2) is 12.5. The number of hydrogen-bond acceptors (Lipinski definition) is 3. The van der Waals surface area contributed by atoms with Crippen molar-refractivity contribution >= 4 is 28.8 Å². The van der Waals surface area contributed by atoms with Crippen LogP contribution in [0.3, 0.4) is 0 Å². The van der Waals surface area contributed by atoms with E-state index >= 15 is 0 Å². The van der Waals surface area contributed by atoms with E-state index in [1.807, 2.05) is 0 Å². The average molecular weight is 674 g/mol. The van der Waals surface area contributed by atoms with Gasteiger partial charge in [0.1, 0.15) is 0 Å². The Labute approximate surface area is 307 Å². The first-order chi connectivity index (χ1) is 25.6. The predicted molar refractivity (Wildman–Crippen MR) is 217 cm³/mol. The quantitative estimate of drug-likeness (QED) is 0.177. The number of benzene rings is 4. The first-order valence-electron chi connectivity index (χ1n) is 19.1. The molecule has 0 saturated heterocycles. The number of hydrogen-bond donors (Lipinski definition) is 0. The van der Waals surface area contributed by atoms with Crippen molar-refractivity contribution in [2.24, 2.45) is 17.8 Å². The summed E-state index contributed by atoms with van der Waals surface area (Å²) in [6.07, 6.45) is 20.6. The highest BCUT2D eigenvalue weighted by Crippen LogP contribution is 2.56. The van der Waals surface area contributed by atoms with Crippen LogP contribution in [0.4, 0.5) is 17.1 Å². The van der Waals surface area contributed by atoms with Gasteiger partial charge in [0.05, 0.1) is 11.4 Å². The van der Waals surface area contributed by atoms with Crippen LogP contribution in [0.15, 0.2) is 163 Å². The summed E-state index contributed by atoms with van der Waals surface area (Å²) in [7, 11) is 0. The number of pyridine rings is 1. The third-order valence-electron chi connectivity index (χ3n) is 11.8. The van der Waals surface area contributed by atoms with Crippen LogP contribution in [0, 0.1) is 17.8 Å². The molecular weight excluding hydrogens is 631 g/mol. The molecule has 0 spiro atoms. The Hall–Kier alpha value is -5.67. The summed E-state index contributed by atoms with van der Waals surface area (Å²) in [4.78, 5) is 10.2. The number of nitrogens with zero attached hydrogens (tertiary/aromatic N) is 3. The molecule has 4 aromatic carbocycles. The summed E-state index contributed by atoms with van der Waals surface area (Å²) < 4.78 is 0. The van der Waals surface area contributed by atoms with Gasteiger partial charge < -0.3 is 9.80 Å². The highest BCUT2D eigenvalue weighted by molar-refractivity contribution is 5.99. The molecule has 3 heterocycles. The lowest BCUT2D eigenvalue weighted by molar-refractivity contribution is 0.458. The number of para-hydroxylation sites is 2. The molecule has 0 amide bonds. The van der Waals surface area contributed by atoms with Gasteiger partial charge in [0.2, 0.25) is 0 Å². The molecule has 0 radical (unpaired) electrons. The topological polar surface area (TPSA) is 19.4 Å². The fraction of sp³-hybridized carbons (Fsp3) is 0.204. The van der Waals surface area contributed by atoms with Gasteiger partial charge in [0.25, 0.3) is 0 Å². The molecule has 3 aliphatic carbocycles. The maximum Gasteiger partial charge on any atom is 0.0554 e. The van der Waals surface area contributed by atoms with Crippen molar-refractivity contribution in [3.63, 3.8) is 0 Å². The number of anilines is 3. The molecular formula is C49H43N3. The van der Waals surface area contributed by atoms with Crippen molar-refractivity contribution in [3.8, 4) is 22.3 Å². The molecule has 3 nitrogen and oxygen atoms in total. The molecule has 52 heavy (non-hydrogen) atoms. The van der Waals surface area contributed by atoms with Gasteiger partial charge >= 0.3 is 0 Å². The summed E-state index contributed by atoms with van der Waals surface area (Å²) >= 11 is 0. The normalized spacial score (nSPS) is 22.8. The van der Waals surface area contributed by atoms with E-state index in [-0.39, 0.29) is 0 Å². The summed E-state index contributed by atoms with van der Waals surface area (Å²) in [6.45, 7) is 4.63. The largest absolute Gasteiger partial charge is 0.336 e. The lowest BCUT2D eigenvalue weighted by atomic mass is 9.79. The molecule has 4 atom stereocenters. The Kier molecular flexibility index (Phi) is 7.49. The molecule has 1 aromatic heterocycles. The van der Waals surface area contributed by atoms with Crippen molar-refractivity contribution in [3.05, 3.63) is 179 Å². The van der Waals surface area contributed by atoms with Crippen LogP contribution in [-0.2, 0) is 6.42 Å². The van der Waals surface area contributed by atoms with E-state index in [2.05, 4.69) is 175 Å². The van der Waals surface area contributed by atoms with Gasteiger partial charge in [0, 0.05) is 57.6 Å². The lowest BCUT2D eigenvalue weighted by Gasteiger charge is -2.38. The molecule has 5 aromatic rings. The number of aromatic nitrogens is 1. The van der Waals surface area contributed by atoms with Crippen LogP contribution in [0.1, 0.15) is 49.9 Å². The molecule has 3 unspecified atom stereocenters. The zero-order valence-electron chi connectivity index (χ0n) is 29.9. The Morgan fingerprint density at radius 1 is 0.673 bits per heavy atom. The van der Waals surface area contributed by atoms with E-state index in [1.165, 1.54) is 78.7 Å². The summed E-state index contributed by atoms with van der Waals surface area (Å²) in [5.41, 5.74) is 18.0. The van der Waals surface area contributed by atoms with Gasteiger partial charge in [-0.3, -0.25) is 4.98 Å². The average Bonchev–Trinajstić information content (AvgIpc) is 3.46. The minimum absolute atomic E-state index is 0.298. The Morgan fingerprint density at radius 2 is 1.44 bits per heavy atom. The van der Waals surface area contributed by atoms with Crippen LogP contribution in [0.25, 0.3) is 34.0 Å². The SMILES string of the molecule is CC1C=CC2C3=C(c4ccccc4N(c4ccc(-c5cnc6c(c5)C=C[C@@H](C)C6)cc4)C4=C3C=CCC4)N(c3ccccc3-c3ccccc3)C2C1. The van der Waals surface area contributed by atoms with Gasteiger partial charge in [-0.1, -0.05) is 129 Å². The third kappa shape index (κ3) is 5.05. The van der Waals surface area contributed by atoms with Gasteiger partial charge in [-0.2, -0.15) is 0 Å². The van der Waals surface area contributed by atoms with Crippen molar-refractivity contribution in [1.29, 1.82) is 0 Å². The van der Waals surface area contributed by atoms with Crippen molar-refractivity contribution < 1.29 is 0 Å². The molecule has 5 aliphatic rings. The Morgan fingerprint density at radius 3 is 2.29 bits per heavy atom. The highest BCUT2D eigenvalue weighted by Gasteiger charge is 2.47. The van der Waals surface area contributed by atoms with Crippen LogP contribution in [0.5, 0.6) is 0 Å². The zero-order chi connectivity index (χ0) is 34.8. The molecule has 0 saturated carbocycles.